The standard InChI is InChI=1S/C17H21N3O2/c1-17(2,3)22-16(21)19-10-7-13(8-11-19)14-5-4-6-15-18-9-12-20(14)15/h4-7,9,12H,8,10-11H2,1-3H3. The van der Waals surface area contributed by atoms with Gasteiger partial charge in [0.05, 0.1) is 5.69 Å². The molecule has 0 aliphatic carbocycles. The van der Waals surface area contributed by atoms with Gasteiger partial charge < -0.3 is 14.0 Å². The summed E-state index contributed by atoms with van der Waals surface area (Å²) in [7, 11) is 0. The normalized spacial score (nSPS) is 15.8. The zero-order chi connectivity index (χ0) is 15.7. The monoisotopic (exact) mass is 299 g/mol. The zero-order valence-electron chi connectivity index (χ0n) is 13.2. The van der Waals surface area contributed by atoms with Crippen molar-refractivity contribution in [2.24, 2.45) is 0 Å². The number of aromatic nitrogens is 2. The van der Waals surface area contributed by atoms with E-state index < -0.39 is 5.60 Å². The topological polar surface area (TPSA) is 46.8 Å². The fraction of sp³-hybridized carbons (Fsp3) is 0.412. The van der Waals surface area contributed by atoms with Gasteiger partial charge >= 0.3 is 6.09 Å². The number of hydrogen-bond donors (Lipinski definition) is 0. The minimum Gasteiger partial charge on any atom is -0.444 e. The molecule has 3 heterocycles. The molecule has 22 heavy (non-hydrogen) atoms. The highest BCUT2D eigenvalue weighted by atomic mass is 16.6. The number of nitrogens with zero attached hydrogens (tertiary/aromatic N) is 3. The van der Waals surface area contributed by atoms with Crippen molar-refractivity contribution in [2.75, 3.05) is 13.1 Å². The molecule has 0 saturated heterocycles. The van der Waals surface area contributed by atoms with E-state index in [0.717, 1.165) is 17.8 Å². The molecule has 0 unspecified atom stereocenters. The maximum Gasteiger partial charge on any atom is 0.410 e. The van der Waals surface area contributed by atoms with Crippen LogP contribution in [0.1, 0.15) is 32.9 Å². The number of carbonyl (C=O) groups is 1. The third-order valence-corrected chi connectivity index (χ3v) is 3.62. The van der Waals surface area contributed by atoms with Crippen LogP contribution in [0.3, 0.4) is 0 Å². The highest BCUT2D eigenvalue weighted by molar-refractivity contribution is 5.72. The first-order chi connectivity index (χ1) is 10.4. The van der Waals surface area contributed by atoms with Crippen molar-refractivity contribution >= 4 is 17.3 Å². The lowest BCUT2D eigenvalue weighted by Gasteiger charge is -2.29. The molecule has 1 amide bonds. The van der Waals surface area contributed by atoms with E-state index in [-0.39, 0.29) is 6.09 Å². The average Bonchev–Trinajstić information content (AvgIpc) is 2.94. The van der Waals surface area contributed by atoms with E-state index >= 15 is 0 Å². The van der Waals surface area contributed by atoms with Crippen LogP contribution in [0.2, 0.25) is 0 Å². The van der Waals surface area contributed by atoms with Crippen LogP contribution in [-0.4, -0.2) is 39.1 Å². The lowest BCUT2D eigenvalue weighted by molar-refractivity contribution is 0.0270. The third-order valence-electron chi connectivity index (χ3n) is 3.62. The molecule has 5 nitrogen and oxygen atoms in total. The molecule has 0 spiro atoms. The van der Waals surface area contributed by atoms with Crippen molar-refractivity contribution < 1.29 is 9.53 Å². The van der Waals surface area contributed by atoms with Crippen molar-refractivity contribution in [1.29, 1.82) is 0 Å². The van der Waals surface area contributed by atoms with Crippen molar-refractivity contribution in [3.05, 3.63) is 42.4 Å². The van der Waals surface area contributed by atoms with Crippen molar-refractivity contribution in [3.8, 4) is 0 Å². The van der Waals surface area contributed by atoms with Crippen LogP contribution < -0.4 is 0 Å². The molecule has 2 aromatic heterocycles. The first kappa shape index (κ1) is 14.6. The Kier molecular flexibility index (Phi) is 3.64. The summed E-state index contributed by atoms with van der Waals surface area (Å²) in [5, 5.41) is 0. The van der Waals surface area contributed by atoms with E-state index in [9.17, 15) is 4.79 Å². The summed E-state index contributed by atoms with van der Waals surface area (Å²) in [5.41, 5.74) is 2.86. The molecule has 2 aromatic rings. The molecule has 5 heteroatoms. The second-order valence-corrected chi connectivity index (χ2v) is 6.47. The molecular weight excluding hydrogens is 278 g/mol. The van der Waals surface area contributed by atoms with Gasteiger partial charge in [-0.15, -0.1) is 0 Å². The van der Waals surface area contributed by atoms with Gasteiger partial charge in [-0.3, -0.25) is 0 Å². The summed E-state index contributed by atoms with van der Waals surface area (Å²) in [5.74, 6) is 0. The summed E-state index contributed by atoms with van der Waals surface area (Å²) in [6.45, 7) is 6.91. The van der Waals surface area contributed by atoms with Crippen molar-refractivity contribution in [3.63, 3.8) is 0 Å². The van der Waals surface area contributed by atoms with Gasteiger partial charge in [0.2, 0.25) is 0 Å². The minimum absolute atomic E-state index is 0.247. The zero-order valence-corrected chi connectivity index (χ0v) is 13.2. The van der Waals surface area contributed by atoms with E-state index in [0.29, 0.717) is 13.1 Å². The Morgan fingerprint density at radius 3 is 2.82 bits per heavy atom. The average molecular weight is 299 g/mol. The molecule has 1 aliphatic heterocycles. The Hall–Kier alpha value is -2.30. The molecule has 116 valence electrons. The Labute approximate surface area is 130 Å². The molecule has 0 aromatic carbocycles. The van der Waals surface area contributed by atoms with E-state index in [1.807, 2.05) is 39.1 Å². The van der Waals surface area contributed by atoms with Gasteiger partial charge in [-0.1, -0.05) is 12.1 Å². The lowest BCUT2D eigenvalue weighted by Crippen LogP contribution is -2.39. The van der Waals surface area contributed by atoms with E-state index in [1.165, 1.54) is 5.57 Å². The summed E-state index contributed by atoms with van der Waals surface area (Å²) >= 11 is 0. The Morgan fingerprint density at radius 1 is 1.32 bits per heavy atom. The number of ether oxygens (including phenoxy) is 1. The minimum atomic E-state index is -0.455. The first-order valence-corrected chi connectivity index (χ1v) is 7.53. The van der Waals surface area contributed by atoms with Gasteiger partial charge in [0, 0.05) is 25.5 Å². The Balaban J connectivity index is 1.77. The third kappa shape index (κ3) is 2.98. The van der Waals surface area contributed by atoms with Gasteiger partial charge in [0.15, 0.2) is 0 Å². The van der Waals surface area contributed by atoms with E-state index in [4.69, 9.17) is 4.74 Å². The van der Waals surface area contributed by atoms with Crippen LogP contribution in [0.4, 0.5) is 4.79 Å². The van der Waals surface area contributed by atoms with Gasteiger partial charge in [0.1, 0.15) is 11.2 Å². The van der Waals surface area contributed by atoms with Crippen LogP contribution in [0, 0.1) is 0 Å². The fourth-order valence-corrected chi connectivity index (χ4v) is 2.60. The fourth-order valence-electron chi connectivity index (χ4n) is 2.60. The second kappa shape index (κ2) is 5.48. The van der Waals surface area contributed by atoms with Gasteiger partial charge in [-0.25, -0.2) is 9.78 Å². The maximum atomic E-state index is 12.1. The predicted octanol–water partition coefficient (Wildman–Crippen LogP) is 3.36. The van der Waals surface area contributed by atoms with Crippen molar-refractivity contribution in [1.82, 2.24) is 14.3 Å². The first-order valence-electron chi connectivity index (χ1n) is 7.53. The molecule has 0 fully saturated rings. The maximum absolute atomic E-state index is 12.1. The largest absolute Gasteiger partial charge is 0.444 e. The number of pyridine rings is 1. The Bertz CT molecular complexity index is 725. The number of amides is 1. The molecule has 1 aliphatic rings. The molecule has 0 bridgehead atoms. The summed E-state index contributed by atoms with van der Waals surface area (Å²) in [6, 6.07) is 6.09. The molecule has 0 radical (unpaired) electrons. The molecule has 0 N–H and O–H groups in total. The summed E-state index contributed by atoms with van der Waals surface area (Å²) < 4.78 is 7.50. The van der Waals surface area contributed by atoms with Crippen LogP contribution in [0.5, 0.6) is 0 Å². The smallest absolute Gasteiger partial charge is 0.410 e. The van der Waals surface area contributed by atoms with Crippen LogP contribution >= 0.6 is 0 Å². The van der Waals surface area contributed by atoms with Crippen molar-refractivity contribution in [2.45, 2.75) is 32.8 Å². The number of fused-ring (bicyclic) bond motifs is 1. The van der Waals surface area contributed by atoms with Crippen LogP contribution in [0.15, 0.2) is 36.7 Å². The van der Waals surface area contributed by atoms with Gasteiger partial charge in [0.25, 0.3) is 0 Å². The predicted molar refractivity (Wildman–Crippen MR) is 85.6 cm³/mol. The summed E-state index contributed by atoms with van der Waals surface area (Å²) in [6.07, 6.45) is 6.43. The number of carbonyl (C=O) groups excluding carboxylic acids is 1. The quantitative estimate of drug-likeness (QED) is 0.811. The highest BCUT2D eigenvalue weighted by Crippen LogP contribution is 2.24. The second-order valence-electron chi connectivity index (χ2n) is 6.47. The number of hydrogen-bond acceptors (Lipinski definition) is 3. The summed E-state index contributed by atoms with van der Waals surface area (Å²) in [4.78, 5) is 18.1. The molecule has 0 saturated carbocycles. The van der Waals surface area contributed by atoms with Gasteiger partial charge in [-0.2, -0.15) is 0 Å². The highest BCUT2D eigenvalue weighted by Gasteiger charge is 2.24. The number of imidazole rings is 1. The lowest BCUT2D eigenvalue weighted by atomic mass is 10.0. The van der Waals surface area contributed by atoms with Gasteiger partial charge in [-0.05, 0) is 44.9 Å². The van der Waals surface area contributed by atoms with E-state index in [2.05, 4.69) is 21.5 Å². The number of rotatable bonds is 1. The van der Waals surface area contributed by atoms with E-state index in [1.54, 1.807) is 11.1 Å². The SMILES string of the molecule is CC(C)(C)OC(=O)N1CC=C(c2cccc3nccn23)CC1. The Morgan fingerprint density at radius 2 is 2.14 bits per heavy atom. The molecular formula is C17H21N3O2. The van der Waals surface area contributed by atoms with Crippen LogP contribution in [-0.2, 0) is 4.74 Å². The molecule has 0 atom stereocenters. The molecule has 3 rings (SSSR count). The van der Waals surface area contributed by atoms with Crippen LogP contribution in [0.25, 0.3) is 11.2 Å².